The molecule has 3 rings (SSSR count). The number of halogens is 1. The maximum Gasteiger partial charge on any atom is 0.233 e. The highest BCUT2D eigenvalue weighted by Crippen LogP contribution is 2.52. The number of amides is 2. The van der Waals surface area contributed by atoms with E-state index in [4.69, 9.17) is 0 Å². The average Bonchev–Trinajstić information content (AvgIpc) is 3.23. The summed E-state index contributed by atoms with van der Waals surface area (Å²) in [6, 6.07) is 0. The van der Waals surface area contributed by atoms with E-state index < -0.39 is 0 Å². The van der Waals surface area contributed by atoms with Crippen LogP contribution in [0.2, 0.25) is 0 Å². The summed E-state index contributed by atoms with van der Waals surface area (Å²) in [6.07, 6.45) is 6.28. The number of allylic oxidation sites excluding steroid dienone is 2. The van der Waals surface area contributed by atoms with Gasteiger partial charge in [-0.2, -0.15) is 0 Å². The molecule has 2 N–H and O–H groups in total. The molecule has 2 amide bonds. The molecule has 0 aromatic heterocycles. The molecule has 2 aliphatic carbocycles. The summed E-state index contributed by atoms with van der Waals surface area (Å²) in [5.74, 6) is 1.77. The number of guanidine groups is 1. The van der Waals surface area contributed by atoms with E-state index in [1.807, 2.05) is 6.92 Å². The smallest absolute Gasteiger partial charge is 0.233 e. The first-order valence-electron chi connectivity index (χ1n) is 9.58. The van der Waals surface area contributed by atoms with Crippen molar-refractivity contribution in [1.82, 2.24) is 15.5 Å². The van der Waals surface area contributed by atoms with Crippen LogP contribution in [0.5, 0.6) is 0 Å². The Bertz CT molecular complexity index is 560. The largest absolute Gasteiger partial charge is 0.357 e. The van der Waals surface area contributed by atoms with Crippen molar-refractivity contribution in [3.05, 3.63) is 12.2 Å². The third-order valence-corrected chi connectivity index (χ3v) is 5.51. The van der Waals surface area contributed by atoms with Gasteiger partial charge in [-0.05, 0) is 37.5 Å². The predicted octanol–water partition coefficient (Wildman–Crippen LogP) is 2.01. The number of aliphatic imine (C=N–C) groups is 1. The lowest BCUT2D eigenvalue weighted by Crippen LogP contribution is -2.43. The minimum Gasteiger partial charge on any atom is -0.357 e. The summed E-state index contributed by atoms with van der Waals surface area (Å²) in [6.45, 7) is 8.89. The molecule has 4 atom stereocenters. The molecule has 7 heteroatoms. The zero-order valence-electron chi connectivity index (χ0n) is 15.9. The second-order valence-corrected chi connectivity index (χ2v) is 7.70. The lowest BCUT2D eigenvalue weighted by Gasteiger charge is -2.18. The molecule has 4 unspecified atom stereocenters. The quantitative estimate of drug-likeness (QED) is 0.195. The minimum absolute atomic E-state index is 0. The molecule has 1 aliphatic heterocycles. The normalized spacial score (nSPS) is 29.4. The Morgan fingerprint density at radius 1 is 1.19 bits per heavy atom. The van der Waals surface area contributed by atoms with Crippen molar-refractivity contribution in [2.24, 2.45) is 34.6 Å². The van der Waals surface area contributed by atoms with E-state index in [0.717, 1.165) is 31.9 Å². The monoisotopic (exact) mass is 474 g/mol. The topological polar surface area (TPSA) is 73.8 Å². The molecule has 0 spiro atoms. The van der Waals surface area contributed by atoms with E-state index in [1.54, 1.807) is 0 Å². The average molecular weight is 474 g/mol. The number of likely N-dealkylation sites (tertiary alicyclic amines) is 1. The van der Waals surface area contributed by atoms with Crippen LogP contribution in [0.3, 0.4) is 0 Å². The molecule has 1 heterocycles. The first kappa shape index (κ1) is 21.2. The zero-order chi connectivity index (χ0) is 18.0. The van der Waals surface area contributed by atoms with E-state index in [9.17, 15) is 9.59 Å². The van der Waals surface area contributed by atoms with Gasteiger partial charge in [-0.3, -0.25) is 19.5 Å². The summed E-state index contributed by atoms with van der Waals surface area (Å²) in [5, 5.41) is 6.45. The minimum atomic E-state index is -0.101. The number of fused-ring (bicyclic) bond motifs is 5. The van der Waals surface area contributed by atoms with Crippen LogP contribution < -0.4 is 10.6 Å². The molecule has 6 nitrogen and oxygen atoms in total. The Morgan fingerprint density at radius 3 is 2.35 bits per heavy atom. The van der Waals surface area contributed by atoms with Crippen LogP contribution in [0.25, 0.3) is 0 Å². The summed E-state index contributed by atoms with van der Waals surface area (Å²) in [7, 11) is 0. The number of carbonyl (C=O) groups is 2. The van der Waals surface area contributed by atoms with Gasteiger partial charge in [0.1, 0.15) is 0 Å². The van der Waals surface area contributed by atoms with Crippen molar-refractivity contribution in [1.29, 1.82) is 0 Å². The standard InChI is InChI=1S/C19H30N4O2.HI/c1-4-20-19(21-8-7-12(2)3)22-9-10-23-17(24)15-13-5-6-14(11-13)16(15)18(23)25;/h5-6,12-16H,4,7-11H2,1-3H3,(H2,20,21,22);1H. The fraction of sp³-hybridized carbons (Fsp3) is 0.737. The van der Waals surface area contributed by atoms with Gasteiger partial charge in [0.05, 0.1) is 11.8 Å². The molecule has 3 aliphatic rings. The van der Waals surface area contributed by atoms with Crippen molar-refractivity contribution < 1.29 is 9.59 Å². The Balaban J connectivity index is 0.00000243. The number of carbonyl (C=O) groups excluding carboxylic acids is 2. The highest BCUT2D eigenvalue weighted by atomic mass is 127. The molecule has 1 saturated heterocycles. The van der Waals surface area contributed by atoms with Crippen molar-refractivity contribution in [2.75, 3.05) is 26.2 Å². The van der Waals surface area contributed by atoms with Crippen LogP contribution in [-0.4, -0.2) is 48.9 Å². The van der Waals surface area contributed by atoms with Crippen LogP contribution in [-0.2, 0) is 9.59 Å². The van der Waals surface area contributed by atoms with Crippen LogP contribution >= 0.6 is 24.0 Å². The Labute approximate surface area is 173 Å². The molecule has 0 aromatic rings. The number of hydrogen-bond acceptors (Lipinski definition) is 3. The van der Waals surface area contributed by atoms with Crippen molar-refractivity contribution in [3.8, 4) is 0 Å². The van der Waals surface area contributed by atoms with Gasteiger partial charge in [0.25, 0.3) is 0 Å². The third kappa shape index (κ3) is 4.23. The van der Waals surface area contributed by atoms with Crippen molar-refractivity contribution >= 4 is 41.8 Å². The van der Waals surface area contributed by atoms with Crippen LogP contribution in [0.1, 0.15) is 33.6 Å². The lowest BCUT2D eigenvalue weighted by molar-refractivity contribution is -0.140. The van der Waals surface area contributed by atoms with Gasteiger partial charge >= 0.3 is 0 Å². The zero-order valence-corrected chi connectivity index (χ0v) is 18.2. The maximum absolute atomic E-state index is 12.6. The molecular formula is C19H31IN4O2. The number of imide groups is 1. The summed E-state index contributed by atoms with van der Waals surface area (Å²) in [4.78, 5) is 31.3. The van der Waals surface area contributed by atoms with Gasteiger partial charge in [-0.1, -0.05) is 26.0 Å². The summed E-state index contributed by atoms with van der Waals surface area (Å²) >= 11 is 0. The first-order chi connectivity index (χ1) is 12.0. The molecule has 2 fully saturated rings. The van der Waals surface area contributed by atoms with E-state index in [-0.39, 0.29) is 59.5 Å². The molecule has 1 saturated carbocycles. The van der Waals surface area contributed by atoms with E-state index >= 15 is 0 Å². The number of nitrogens with zero attached hydrogens (tertiary/aromatic N) is 2. The van der Waals surface area contributed by atoms with Crippen LogP contribution in [0.15, 0.2) is 17.1 Å². The molecule has 0 radical (unpaired) electrons. The Kier molecular flexibility index (Phi) is 7.49. The van der Waals surface area contributed by atoms with Crippen LogP contribution in [0.4, 0.5) is 0 Å². The maximum atomic E-state index is 12.6. The van der Waals surface area contributed by atoms with Gasteiger partial charge in [0, 0.05) is 26.2 Å². The second kappa shape index (κ2) is 9.19. The fourth-order valence-corrected chi connectivity index (χ4v) is 4.25. The molecular weight excluding hydrogens is 443 g/mol. The van der Waals surface area contributed by atoms with Crippen molar-refractivity contribution in [3.63, 3.8) is 0 Å². The SMILES string of the molecule is CCNC(=NCCC(C)C)NCCN1C(=O)C2C3C=CC(C3)C2C1=O.I. The van der Waals surface area contributed by atoms with Gasteiger partial charge in [0.15, 0.2) is 5.96 Å². The number of hydrogen-bond donors (Lipinski definition) is 2. The Hall–Kier alpha value is -1.12. The molecule has 26 heavy (non-hydrogen) atoms. The van der Waals surface area contributed by atoms with E-state index in [2.05, 4.69) is 41.6 Å². The van der Waals surface area contributed by atoms with Gasteiger partial charge in [-0.25, -0.2) is 0 Å². The summed E-state index contributed by atoms with van der Waals surface area (Å²) < 4.78 is 0. The van der Waals surface area contributed by atoms with Crippen LogP contribution in [0, 0.1) is 29.6 Å². The van der Waals surface area contributed by atoms with Crippen molar-refractivity contribution in [2.45, 2.75) is 33.6 Å². The summed E-state index contributed by atoms with van der Waals surface area (Å²) in [5.41, 5.74) is 0. The van der Waals surface area contributed by atoms with Gasteiger partial charge < -0.3 is 10.6 Å². The number of nitrogens with one attached hydrogen (secondary N) is 2. The highest BCUT2D eigenvalue weighted by Gasteiger charge is 2.58. The first-order valence-corrected chi connectivity index (χ1v) is 9.58. The van der Waals surface area contributed by atoms with E-state index in [0.29, 0.717) is 19.0 Å². The molecule has 0 aromatic carbocycles. The second-order valence-electron chi connectivity index (χ2n) is 7.70. The third-order valence-electron chi connectivity index (χ3n) is 5.51. The molecule has 2 bridgehead atoms. The number of rotatable bonds is 7. The molecule has 146 valence electrons. The fourth-order valence-electron chi connectivity index (χ4n) is 4.25. The van der Waals surface area contributed by atoms with Gasteiger partial charge in [0.2, 0.25) is 11.8 Å². The van der Waals surface area contributed by atoms with Gasteiger partial charge in [-0.15, -0.1) is 24.0 Å². The van der Waals surface area contributed by atoms with E-state index in [1.165, 1.54) is 4.90 Å². The Morgan fingerprint density at radius 2 is 1.81 bits per heavy atom. The lowest BCUT2D eigenvalue weighted by atomic mass is 9.85. The highest BCUT2D eigenvalue weighted by molar-refractivity contribution is 14.0. The predicted molar refractivity (Wildman–Crippen MR) is 113 cm³/mol.